The van der Waals surface area contributed by atoms with Gasteiger partial charge in [0.2, 0.25) is 0 Å². The number of carbonyl (C=O) groups excluding carboxylic acids is 2. The highest BCUT2D eigenvalue weighted by Gasteiger charge is 2.09. The summed E-state index contributed by atoms with van der Waals surface area (Å²) in [5, 5.41) is 2.48. The topological polar surface area (TPSA) is 73.9 Å². The first-order chi connectivity index (χ1) is 13.6. The van der Waals surface area contributed by atoms with E-state index in [9.17, 15) is 14.0 Å². The molecule has 28 heavy (non-hydrogen) atoms. The van der Waals surface area contributed by atoms with Crippen LogP contribution in [0.4, 0.5) is 4.39 Å². The van der Waals surface area contributed by atoms with Gasteiger partial charge in [-0.15, -0.1) is 0 Å². The van der Waals surface area contributed by atoms with Gasteiger partial charge in [-0.25, -0.2) is 4.39 Å². The van der Waals surface area contributed by atoms with Crippen LogP contribution in [0.25, 0.3) is 0 Å². The first-order valence-corrected chi connectivity index (χ1v) is 9.14. The lowest BCUT2D eigenvalue weighted by Crippen LogP contribution is -2.31. The molecule has 1 amide bonds. The smallest absolute Gasteiger partial charge is 0.325 e. The number of ether oxygens (including phenoxy) is 3. The number of esters is 1. The molecule has 0 saturated carbocycles. The predicted molar refractivity (Wildman–Crippen MR) is 102 cm³/mol. The Morgan fingerprint density at radius 3 is 2.43 bits per heavy atom. The molecule has 0 aliphatic heterocycles. The number of hydrogen-bond acceptors (Lipinski definition) is 5. The first kappa shape index (κ1) is 21.2. The number of unbranched alkanes of at least 4 members (excludes halogenated alkanes) is 1. The highest BCUT2D eigenvalue weighted by atomic mass is 19.1. The Kier molecular flexibility index (Phi) is 8.78. The molecule has 0 spiro atoms. The molecule has 0 unspecified atom stereocenters. The summed E-state index contributed by atoms with van der Waals surface area (Å²) in [5.41, 5.74) is 0.415. The maximum atomic E-state index is 13.4. The average Bonchev–Trinajstić information content (AvgIpc) is 2.71. The fourth-order valence-corrected chi connectivity index (χ4v) is 2.21. The van der Waals surface area contributed by atoms with Crippen LogP contribution in [0.15, 0.2) is 48.5 Å². The Hall–Kier alpha value is -3.09. The van der Waals surface area contributed by atoms with Gasteiger partial charge in [-0.05, 0) is 42.8 Å². The standard InChI is InChI=1S/C21H24FNO5/c1-2-3-12-26-17-10-8-16(9-11-17)21(25)23-15-20(24)28-14-13-27-19-7-5-4-6-18(19)22/h4-11H,2-3,12-15H2,1H3,(H,23,25). The normalized spacial score (nSPS) is 10.2. The molecular weight excluding hydrogens is 365 g/mol. The fourth-order valence-electron chi connectivity index (χ4n) is 2.21. The molecule has 0 aliphatic carbocycles. The monoisotopic (exact) mass is 389 g/mol. The van der Waals surface area contributed by atoms with Crippen LogP contribution in [-0.4, -0.2) is 38.2 Å². The number of para-hydroxylation sites is 1. The van der Waals surface area contributed by atoms with Gasteiger partial charge >= 0.3 is 5.97 Å². The second-order valence-corrected chi connectivity index (χ2v) is 5.91. The molecule has 0 aromatic heterocycles. The predicted octanol–water partition coefficient (Wildman–Crippen LogP) is 3.36. The van der Waals surface area contributed by atoms with E-state index in [4.69, 9.17) is 14.2 Å². The summed E-state index contributed by atoms with van der Waals surface area (Å²) in [6.07, 6.45) is 2.02. The number of nitrogens with one attached hydrogen (secondary N) is 1. The average molecular weight is 389 g/mol. The molecule has 2 rings (SSSR count). The summed E-state index contributed by atoms with van der Waals surface area (Å²) in [5.74, 6) is -0.694. The Balaban J connectivity index is 1.65. The third-order valence-corrected chi connectivity index (χ3v) is 3.72. The third kappa shape index (κ3) is 7.26. The van der Waals surface area contributed by atoms with E-state index >= 15 is 0 Å². The number of carbonyl (C=O) groups is 2. The van der Waals surface area contributed by atoms with E-state index in [-0.39, 0.29) is 31.4 Å². The number of amides is 1. The minimum absolute atomic E-state index is 0.0140. The molecule has 150 valence electrons. The Bertz CT molecular complexity index is 764. The van der Waals surface area contributed by atoms with E-state index in [2.05, 4.69) is 12.2 Å². The minimum Gasteiger partial charge on any atom is -0.494 e. The number of halogens is 1. The third-order valence-electron chi connectivity index (χ3n) is 3.72. The molecule has 0 atom stereocenters. The Morgan fingerprint density at radius 1 is 0.964 bits per heavy atom. The SMILES string of the molecule is CCCCOc1ccc(C(=O)NCC(=O)OCCOc2ccccc2F)cc1. The second-order valence-electron chi connectivity index (χ2n) is 5.91. The minimum atomic E-state index is -0.606. The largest absolute Gasteiger partial charge is 0.494 e. The van der Waals surface area contributed by atoms with Gasteiger partial charge in [0.15, 0.2) is 11.6 Å². The molecule has 0 fully saturated rings. The van der Waals surface area contributed by atoms with E-state index in [1.165, 1.54) is 12.1 Å². The number of hydrogen-bond donors (Lipinski definition) is 1. The van der Waals surface area contributed by atoms with Crippen LogP contribution in [0.5, 0.6) is 11.5 Å². The van der Waals surface area contributed by atoms with Crippen LogP contribution in [0.1, 0.15) is 30.1 Å². The van der Waals surface area contributed by atoms with Gasteiger partial charge in [-0.2, -0.15) is 0 Å². The van der Waals surface area contributed by atoms with Crippen molar-refractivity contribution in [2.45, 2.75) is 19.8 Å². The van der Waals surface area contributed by atoms with Crippen molar-refractivity contribution in [3.05, 3.63) is 59.9 Å². The van der Waals surface area contributed by atoms with Crippen LogP contribution in [0, 0.1) is 5.82 Å². The van der Waals surface area contributed by atoms with E-state index in [0.717, 1.165) is 12.8 Å². The Morgan fingerprint density at radius 2 is 1.71 bits per heavy atom. The quantitative estimate of drug-likeness (QED) is 0.471. The first-order valence-electron chi connectivity index (χ1n) is 9.14. The van der Waals surface area contributed by atoms with Gasteiger partial charge in [0.25, 0.3) is 5.91 Å². The van der Waals surface area contributed by atoms with Crippen LogP contribution >= 0.6 is 0 Å². The van der Waals surface area contributed by atoms with Crippen molar-refractivity contribution in [3.8, 4) is 11.5 Å². The zero-order valence-electron chi connectivity index (χ0n) is 15.8. The van der Waals surface area contributed by atoms with E-state index in [0.29, 0.717) is 17.9 Å². The maximum absolute atomic E-state index is 13.4. The fraction of sp³-hybridized carbons (Fsp3) is 0.333. The summed E-state index contributed by atoms with van der Waals surface area (Å²) in [6.45, 7) is 2.41. The van der Waals surface area contributed by atoms with Gasteiger partial charge in [-0.1, -0.05) is 25.5 Å². The summed E-state index contributed by atoms with van der Waals surface area (Å²) >= 11 is 0. The van der Waals surface area contributed by atoms with Gasteiger partial charge in [0, 0.05) is 5.56 Å². The number of benzene rings is 2. The van der Waals surface area contributed by atoms with Crippen molar-refractivity contribution in [2.75, 3.05) is 26.4 Å². The molecule has 1 N–H and O–H groups in total. The molecule has 0 aliphatic rings. The second kappa shape index (κ2) is 11.6. The Labute approximate surface area is 163 Å². The van der Waals surface area contributed by atoms with Crippen molar-refractivity contribution < 1.29 is 28.2 Å². The lowest BCUT2D eigenvalue weighted by Gasteiger charge is -2.09. The highest BCUT2D eigenvalue weighted by Crippen LogP contribution is 2.15. The zero-order chi connectivity index (χ0) is 20.2. The lowest BCUT2D eigenvalue weighted by molar-refractivity contribution is -0.143. The van der Waals surface area contributed by atoms with Gasteiger partial charge < -0.3 is 19.5 Å². The van der Waals surface area contributed by atoms with E-state index < -0.39 is 11.8 Å². The summed E-state index contributed by atoms with van der Waals surface area (Å²) in [4.78, 5) is 23.7. The van der Waals surface area contributed by atoms with E-state index in [1.807, 2.05) is 0 Å². The van der Waals surface area contributed by atoms with Crippen LogP contribution in [0.2, 0.25) is 0 Å². The summed E-state index contributed by atoms with van der Waals surface area (Å²) in [6, 6.07) is 12.6. The lowest BCUT2D eigenvalue weighted by atomic mass is 10.2. The molecule has 0 saturated heterocycles. The van der Waals surface area contributed by atoms with Crippen molar-refractivity contribution >= 4 is 11.9 Å². The maximum Gasteiger partial charge on any atom is 0.325 e. The van der Waals surface area contributed by atoms with Gasteiger partial charge in [0.1, 0.15) is 25.5 Å². The molecule has 0 bridgehead atoms. The van der Waals surface area contributed by atoms with Gasteiger partial charge in [0.05, 0.1) is 6.61 Å². The van der Waals surface area contributed by atoms with Crippen molar-refractivity contribution in [3.63, 3.8) is 0 Å². The van der Waals surface area contributed by atoms with Crippen molar-refractivity contribution in [1.29, 1.82) is 0 Å². The van der Waals surface area contributed by atoms with Crippen LogP contribution in [-0.2, 0) is 9.53 Å². The van der Waals surface area contributed by atoms with E-state index in [1.54, 1.807) is 36.4 Å². The summed E-state index contributed by atoms with van der Waals surface area (Å²) < 4.78 is 29.0. The zero-order valence-corrected chi connectivity index (χ0v) is 15.8. The summed E-state index contributed by atoms with van der Waals surface area (Å²) in [7, 11) is 0. The highest BCUT2D eigenvalue weighted by molar-refractivity contribution is 5.96. The number of rotatable bonds is 11. The molecular formula is C21H24FNO5. The molecule has 2 aromatic carbocycles. The molecule has 6 nitrogen and oxygen atoms in total. The molecule has 0 heterocycles. The van der Waals surface area contributed by atoms with Crippen LogP contribution in [0.3, 0.4) is 0 Å². The molecule has 7 heteroatoms. The van der Waals surface area contributed by atoms with Gasteiger partial charge in [-0.3, -0.25) is 9.59 Å². The molecule has 0 radical (unpaired) electrons. The van der Waals surface area contributed by atoms with Crippen molar-refractivity contribution in [1.82, 2.24) is 5.32 Å². The van der Waals surface area contributed by atoms with Crippen molar-refractivity contribution in [2.24, 2.45) is 0 Å². The molecule has 2 aromatic rings. The van der Waals surface area contributed by atoms with Crippen LogP contribution < -0.4 is 14.8 Å².